The molecule has 0 radical (unpaired) electrons. The highest BCUT2D eigenvalue weighted by Gasteiger charge is 2.10. The molecule has 2 aliphatic rings. The third kappa shape index (κ3) is 5.53. The van der Waals surface area contributed by atoms with Crippen LogP contribution in [0.2, 0.25) is 0 Å². The first-order chi connectivity index (χ1) is 15.2. The van der Waals surface area contributed by atoms with Crippen molar-refractivity contribution in [3.05, 3.63) is 42.9 Å². The summed E-state index contributed by atoms with van der Waals surface area (Å²) in [5.74, 6) is 1.51. The number of benzene rings is 1. The molecule has 160 valence electrons. The maximum atomic E-state index is 12.0. The van der Waals surface area contributed by atoms with Gasteiger partial charge in [-0.05, 0) is 37.1 Å². The molecule has 5 rings (SSSR count). The largest absolute Gasteiger partial charge is 0.494 e. The molecule has 6 bridgehead atoms. The van der Waals surface area contributed by atoms with E-state index in [1.807, 2.05) is 30.5 Å². The average molecular weight is 421 g/mol. The van der Waals surface area contributed by atoms with Crippen LogP contribution in [0.1, 0.15) is 19.3 Å². The molecule has 0 spiro atoms. The van der Waals surface area contributed by atoms with Crippen LogP contribution in [0, 0.1) is 5.53 Å². The second-order valence-corrected chi connectivity index (χ2v) is 6.96. The number of anilines is 4. The lowest BCUT2D eigenvalue weighted by Gasteiger charge is -2.11. The summed E-state index contributed by atoms with van der Waals surface area (Å²) < 4.78 is 7.49. The monoisotopic (exact) mass is 421 g/mol. The molecule has 11 nitrogen and oxygen atoms in total. The summed E-state index contributed by atoms with van der Waals surface area (Å²) >= 11 is 0. The molecule has 3 aromatic rings. The van der Waals surface area contributed by atoms with Gasteiger partial charge in [0.1, 0.15) is 11.4 Å². The first-order valence-corrected chi connectivity index (χ1v) is 10.0. The van der Waals surface area contributed by atoms with Crippen LogP contribution in [0.3, 0.4) is 0 Å². The summed E-state index contributed by atoms with van der Waals surface area (Å²) in [6.45, 7) is 1.70. The van der Waals surface area contributed by atoms with E-state index >= 15 is 0 Å². The molecule has 0 unspecified atom stereocenters. The van der Waals surface area contributed by atoms with Crippen molar-refractivity contribution in [2.24, 2.45) is 5.11 Å². The van der Waals surface area contributed by atoms with E-state index in [2.05, 4.69) is 36.1 Å². The molecule has 11 heteroatoms. The van der Waals surface area contributed by atoms with Gasteiger partial charge in [-0.2, -0.15) is 15.2 Å². The van der Waals surface area contributed by atoms with Crippen molar-refractivity contribution in [2.45, 2.75) is 25.8 Å². The first kappa shape index (κ1) is 20.3. The Labute approximate surface area is 178 Å². The molecule has 0 aliphatic carbocycles. The van der Waals surface area contributed by atoms with Crippen LogP contribution < -0.4 is 20.7 Å². The zero-order chi connectivity index (χ0) is 21.5. The minimum atomic E-state index is 0.0210. The van der Waals surface area contributed by atoms with Gasteiger partial charge in [-0.1, -0.05) is 0 Å². The van der Waals surface area contributed by atoms with Crippen LogP contribution in [-0.2, 0) is 11.3 Å². The van der Waals surface area contributed by atoms with E-state index in [1.54, 1.807) is 10.9 Å². The van der Waals surface area contributed by atoms with Gasteiger partial charge in [0, 0.05) is 31.4 Å². The van der Waals surface area contributed by atoms with Crippen molar-refractivity contribution in [1.82, 2.24) is 25.1 Å². The molecule has 4 heterocycles. The minimum absolute atomic E-state index is 0.0210. The number of aryl methyl sites for hydroxylation is 1. The molecule has 1 amide bonds. The summed E-state index contributed by atoms with van der Waals surface area (Å²) in [5, 5.41) is 17.0. The summed E-state index contributed by atoms with van der Waals surface area (Å²) in [7, 11) is 0. The number of hydrogen-bond donors (Lipinski definition) is 4. The van der Waals surface area contributed by atoms with Crippen LogP contribution in [0.5, 0.6) is 5.75 Å². The number of carbonyl (C=O) groups excluding carboxylic acids is 1. The van der Waals surface area contributed by atoms with E-state index in [-0.39, 0.29) is 5.91 Å². The maximum Gasteiger partial charge on any atom is 0.229 e. The van der Waals surface area contributed by atoms with Gasteiger partial charge in [-0.3, -0.25) is 9.48 Å². The molecule has 2 aromatic heterocycles. The Morgan fingerprint density at radius 2 is 1.97 bits per heavy atom. The first-order valence-electron chi connectivity index (χ1n) is 10.0. The Morgan fingerprint density at radius 3 is 2.81 bits per heavy atom. The van der Waals surface area contributed by atoms with Crippen molar-refractivity contribution in [3.8, 4) is 5.75 Å². The Balaban J connectivity index is 1.57. The second kappa shape index (κ2) is 9.65. The molecule has 0 saturated heterocycles. The average Bonchev–Trinajstić information content (AvgIpc) is 3.21. The van der Waals surface area contributed by atoms with Crippen molar-refractivity contribution >= 4 is 34.7 Å². The summed E-state index contributed by atoms with van der Waals surface area (Å²) in [4.78, 5) is 20.6. The fourth-order valence-corrected chi connectivity index (χ4v) is 3.04. The number of hydrogen-bond acceptors (Lipinski definition) is 9. The van der Waals surface area contributed by atoms with Gasteiger partial charge in [0.2, 0.25) is 11.9 Å². The van der Waals surface area contributed by atoms with Crippen LogP contribution in [-0.4, -0.2) is 38.8 Å². The molecular formula is C20H23N9O2. The molecule has 0 atom stereocenters. The highest BCUT2D eigenvalue weighted by atomic mass is 16.5. The quantitative estimate of drug-likeness (QED) is 0.440. The zero-order valence-electron chi connectivity index (χ0n) is 16.8. The predicted octanol–water partition coefficient (Wildman–Crippen LogP) is 3.50. The standard InChI is InChI=1S/C20H23N9O2/c21-28-17-12-23-20-26-15-11-24-29(13-15)9-1-3-18(30)22-8-2-10-31-16-6-4-14(5-7-16)25-19(17)27-20/h4-7,11-13,21H,1-3,8-10H2,(H,22,30)(H2,23,25,26,27). The SMILES string of the molecule is N=Nc1cnc2nc1Nc1ccc(cc1)OCCCNC(=O)CCCn1cc(cn1)N2. The van der Waals surface area contributed by atoms with Gasteiger partial charge >= 0.3 is 0 Å². The molecule has 31 heavy (non-hydrogen) atoms. The van der Waals surface area contributed by atoms with E-state index in [4.69, 9.17) is 10.3 Å². The second-order valence-electron chi connectivity index (χ2n) is 6.96. The fourth-order valence-electron chi connectivity index (χ4n) is 3.04. The van der Waals surface area contributed by atoms with Crippen LogP contribution in [0.25, 0.3) is 0 Å². The number of rotatable bonds is 1. The van der Waals surface area contributed by atoms with Crippen molar-refractivity contribution in [1.29, 1.82) is 5.53 Å². The number of nitrogens with zero attached hydrogens (tertiary/aromatic N) is 5. The Morgan fingerprint density at radius 1 is 1.10 bits per heavy atom. The lowest BCUT2D eigenvalue weighted by molar-refractivity contribution is -0.121. The number of amides is 1. The lowest BCUT2D eigenvalue weighted by atomic mass is 10.3. The molecule has 2 aliphatic heterocycles. The lowest BCUT2D eigenvalue weighted by Crippen LogP contribution is -2.25. The third-order valence-electron chi connectivity index (χ3n) is 4.60. The topological polar surface area (TPSA) is 142 Å². The number of carbonyl (C=O) groups is 1. The van der Waals surface area contributed by atoms with Gasteiger partial charge < -0.3 is 20.7 Å². The Bertz CT molecular complexity index is 1050. The smallest absolute Gasteiger partial charge is 0.229 e. The van der Waals surface area contributed by atoms with E-state index < -0.39 is 0 Å². The summed E-state index contributed by atoms with van der Waals surface area (Å²) in [5.41, 5.74) is 9.19. The maximum absolute atomic E-state index is 12.0. The molecule has 4 N–H and O–H groups in total. The Kier molecular flexibility index (Phi) is 6.31. The normalized spacial score (nSPS) is 14.9. The third-order valence-corrected chi connectivity index (χ3v) is 4.60. The number of fused-ring (bicyclic) bond motifs is 10. The van der Waals surface area contributed by atoms with Crippen molar-refractivity contribution in [2.75, 3.05) is 23.8 Å². The molecule has 0 saturated carbocycles. The summed E-state index contributed by atoms with van der Waals surface area (Å²) in [6.07, 6.45) is 6.80. The highest BCUT2D eigenvalue weighted by molar-refractivity contribution is 5.75. The van der Waals surface area contributed by atoms with Crippen LogP contribution in [0.4, 0.5) is 28.8 Å². The van der Waals surface area contributed by atoms with Gasteiger partial charge in [-0.25, -0.2) is 10.5 Å². The van der Waals surface area contributed by atoms with E-state index in [0.717, 1.165) is 23.5 Å². The van der Waals surface area contributed by atoms with Gasteiger partial charge in [-0.15, -0.1) is 0 Å². The van der Waals surface area contributed by atoms with Crippen LogP contribution in [0.15, 0.2) is 48.0 Å². The summed E-state index contributed by atoms with van der Waals surface area (Å²) in [6, 6.07) is 7.39. The zero-order valence-corrected chi connectivity index (χ0v) is 16.8. The number of ether oxygens (including phenoxy) is 1. The van der Waals surface area contributed by atoms with Crippen molar-refractivity contribution in [3.63, 3.8) is 0 Å². The van der Waals surface area contributed by atoms with Crippen molar-refractivity contribution < 1.29 is 9.53 Å². The minimum Gasteiger partial charge on any atom is -0.494 e. The Hall–Kier alpha value is -4.02. The molecular weight excluding hydrogens is 398 g/mol. The van der Waals surface area contributed by atoms with Gasteiger partial charge in [0.25, 0.3) is 0 Å². The fraction of sp³-hybridized carbons (Fsp3) is 0.300. The number of nitrogens with one attached hydrogen (secondary N) is 4. The number of aromatic nitrogens is 4. The molecule has 1 aromatic carbocycles. The van der Waals surface area contributed by atoms with Gasteiger partial charge in [0.05, 0.1) is 24.7 Å². The highest BCUT2D eigenvalue weighted by Crippen LogP contribution is 2.28. The van der Waals surface area contributed by atoms with Crippen LogP contribution >= 0.6 is 0 Å². The van der Waals surface area contributed by atoms with E-state index in [1.165, 1.54) is 6.20 Å². The predicted molar refractivity (Wildman–Crippen MR) is 114 cm³/mol. The molecule has 0 fully saturated rings. The van der Waals surface area contributed by atoms with E-state index in [9.17, 15) is 4.79 Å². The van der Waals surface area contributed by atoms with Gasteiger partial charge in [0.15, 0.2) is 5.82 Å². The van der Waals surface area contributed by atoms with E-state index in [0.29, 0.717) is 50.0 Å².